The molecule has 38 heavy (non-hydrogen) atoms. The Morgan fingerprint density at radius 1 is 1.16 bits per heavy atom. The summed E-state index contributed by atoms with van der Waals surface area (Å²) >= 11 is 0. The summed E-state index contributed by atoms with van der Waals surface area (Å²) in [5, 5.41) is 12.1. The van der Waals surface area contributed by atoms with Gasteiger partial charge in [0.05, 0.1) is 5.69 Å². The van der Waals surface area contributed by atoms with Gasteiger partial charge in [-0.3, -0.25) is 4.79 Å². The van der Waals surface area contributed by atoms with Crippen LogP contribution in [-0.4, -0.2) is 77.8 Å². The number of carboxylic acid groups (broad SMARTS) is 1. The van der Waals surface area contributed by atoms with Crippen LogP contribution in [0.5, 0.6) is 0 Å². The minimum absolute atomic E-state index is 0.0131. The van der Waals surface area contributed by atoms with Crippen molar-refractivity contribution in [3.63, 3.8) is 0 Å². The third-order valence-electron chi connectivity index (χ3n) is 8.13. The van der Waals surface area contributed by atoms with Gasteiger partial charge in [0.15, 0.2) is 0 Å². The highest BCUT2D eigenvalue weighted by Crippen LogP contribution is 2.43. The molecule has 0 radical (unpaired) electrons. The minimum Gasteiger partial charge on any atom is -0.465 e. The zero-order chi connectivity index (χ0) is 27.0. The lowest BCUT2D eigenvalue weighted by Crippen LogP contribution is -2.59. The molecule has 3 aliphatic rings. The average Bonchev–Trinajstić information content (AvgIpc) is 3.32. The maximum absolute atomic E-state index is 15.1. The number of halogens is 1. The molecule has 2 fully saturated rings. The van der Waals surface area contributed by atoms with E-state index in [0.717, 1.165) is 50.2 Å². The van der Waals surface area contributed by atoms with Crippen molar-refractivity contribution in [1.29, 1.82) is 0 Å². The standard InChI is InChI=1S/C28H37FN6O3/c1-18(2)13-19(14-23(36)30-3)35-11-6-8-21-24(20-7-4-5-9-22(20)29)31-26(32-25(21)35)33-12-10-28(15-33)16-34(17-28)27(37)38/h4-5,7,9,18-19H,6,8,10-17H2,1-3H3,(H,30,36)(H,37,38). The summed E-state index contributed by atoms with van der Waals surface area (Å²) in [6.45, 7) is 7.49. The van der Waals surface area contributed by atoms with Crippen molar-refractivity contribution in [3.8, 4) is 11.3 Å². The topological polar surface area (TPSA) is 102 Å². The van der Waals surface area contributed by atoms with Gasteiger partial charge in [-0.15, -0.1) is 0 Å². The summed E-state index contributed by atoms with van der Waals surface area (Å²) in [4.78, 5) is 39.7. The monoisotopic (exact) mass is 524 g/mol. The molecule has 1 aromatic carbocycles. The predicted molar refractivity (Wildman–Crippen MR) is 144 cm³/mol. The van der Waals surface area contributed by atoms with Gasteiger partial charge in [0, 0.05) is 68.8 Å². The quantitative estimate of drug-likeness (QED) is 0.568. The number of nitrogens with zero attached hydrogens (tertiary/aromatic N) is 5. The Labute approximate surface area is 223 Å². The third-order valence-corrected chi connectivity index (χ3v) is 8.13. The molecule has 3 aliphatic heterocycles. The number of hydrogen-bond acceptors (Lipinski definition) is 6. The molecule has 204 valence electrons. The molecular weight excluding hydrogens is 487 g/mol. The number of carbonyl (C=O) groups is 2. The van der Waals surface area contributed by atoms with E-state index in [-0.39, 0.29) is 23.2 Å². The van der Waals surface area contributed by atoms with Crippen molar-refractivity contribution in [2.24, 2.45) is 11.3 Å². The van der Waals surface area contributed by atoms with Crippen molar-refractivity contribution in [1.82, 2.24) is 20.2 Å². The number of nitrogens with one attached hydrogen (secondary N) is 1. The summed E-state index contributed by atoms with van der Waals surface area (Å²) in [6.07, 6.45) is 2.78. The van der Waals surface area contributed by atoms with Crippen LogP contribution in [0.15, 0.2) is 24.3 Å². The van der Waals surface area contributed by atoms with E-state index in [0.29, 0.717) is 49.2 Å². The van der Waals surface area contributed by atoms with Gasteiger partial charge in [0.1, 0.15) is 11.6 Å². The smallest absolute Gasteiger partial charge is 0.407 e. The normalized spacial score (nSPS) is 18.9. The number of aromatic nitrogens is 2. The fraction of sp³-hybridized carbons (Fsp3) is 0.571. The number of benzene rings is 1. The maximum atomic E-state index is 15.1. The Kier molecular flexibility index (Phi) is 7.15. The molecule has 0 saturated carbocycles. The first-order chi connectivity index (χ1) is 18.2. The van der Waals surface area contributed by atoms with E-state index < -0.39 is 6.09 Å². The van der Waals surface area contributed by atoms with Crippen molar-refractivity contribution in [3.05, 3.63) is 35.6 Å². The number of carbonyl (C=O) groups excluding carboxylic acids is 1. The van der Waals surface area contributed by atoms with Crippen molar-refractivity contribution >= 4 is 23.8 Å². The maximum Gasteiger partial charge on any atom is 0.407 e. The number of rotatable bonds is 7. The van der Waals surface area contributed by atoms with Crippen LogP contribution in [0.3, 0.4) is 0 Å². The van der Waals surface area contributed by atoms with Gasteiger partial charge < -0.3 is 25.1 Å². The molecule has 0 bridgehead atoms. The van der Waals surface area contributed by atoms with E-state index in [2.05, 4.69) is 29.0 Å². The van der Waals surface area contributed by atoms with E-state index in [1.807, 2.05) is 6.07 Å². The first kappa shape index (κ1) is 26.2. The van der Waals surface area contributed by atoms with Gasteiger partial charge in [0.2, 0.25) is 11.9 Å². The lowest BCUT2D eigenvalue weighted by Gasteiger charge is -2.46. The number of amides is 2. The largest absolute Gasteiger partial charge is 0.465 e. The Bertz CT molecular complexity index is 1220. The molecule has 1 atom stereocenters. The molecule has 2 saturated heterocycles. The first-order valence-electron chi connectivity index (χ1n) is 13.6. The molecule has 2 N–H and O–H groups in total. The molecule has 1 spiro atoms. The van der Waals surface area contributed by atoms with Crippen LogP contribution < -0.4 is 15.1 Å². The zero-order valence-electron chi connectivity index (χ0n) is 22.4. The molecule has 2 aromatic rings. The number of likely N-dealkylation sites (tertiary alicyclic amines) is 1. The lowest BCUT2D eigenvalue weighted by molar-refractivity contribution is -0.121. The van der Waals surface area contributed by atoms with Crippen LogP contribution in [0.25, 0.3) is 11.3 Å². The first-order valence-corrected chi connectivity index (χ1v) is 13.6. The summed E-state index contributed by atoms with van der Waals surface area (Å²) in [6, 6.07) is 6.68. The van der Waals surface area contributed by atoms with Gasteiger partial charge in [-0.05, 0) is 43.7 Å². The predicted octanol–water partition coefficient (Wildman–Crippen LogP) is 3.78. The van der Waals surface area contributed by atoms with Crippen LogP contribution in [0.4, 0.5) is 21.0 Å². The Hall–Kier alpha value is -3.43. The minimum atomic E-state index is -0.885. The fourth-order valence-corrected chi connectivity index (χ4v) is 6.28. The van der Waals surface area contributed by atoms with E-state index in [1.54, 1.807) is 19.2 Å². The van der Waals surface area contributed by atoms with Gasteiger partial charge >= 0.3 is 6.09 Å². The number of fused-ring (bicyclic) bond motifs is 1. The van der Waals surface area contributed by atoms with Crippen LogP contribution in [0.1, 0.15) is 45.1 Å². The second kappa shape index (κ2) is 10.4. The van der Waals surface area contributed by atoms with Crippen molar-refractivity contribution < 1.29 is 19.1 Å². The van der Waals surface area contributed by atoms with E-state index in [4.69, 9.17) is 9.97 Å². The average molecular weight is 525 g/mol. The van der Waals surface area contributed by atoms with Crippen LogP contribution in [0, 0.1) is 17.2 Å². The summed E-state index contributed by atoms with van der Waals surface area (Å²) in [5.74, 6) is 1.38. The van der Waals surface area contributed by atoms with Gasteiger partial charge in [-0.1, -0.05) is 26.0 Å². The highest BCUT2D eigenvalue weighted by atomic mass is 19.1. The van der Waals surface area contributed by atoms with Crippen LogP contribution in [-0.2, 0) is 11.2 Å². The molecule has 2 amide bonds. The van der Waals surface area contributed by atoms with E-state index in [9.17, 15) is 14.7 Å². The van der Waals surface area contributed by atoms with Crippen molar-refractivity contribution in [2.45, 2.75) is 52.0 Å². The molecule has 1 unspecified atom stereocenters. The molecular formula is C28H37FN6O3. The Morgan fingerprint density at radius 3 is 2.61 bits per heavy atom. The molecule has 9 nitrogen and oxygen atoms in total. The molecule has 4 heterocycles. The van der Waals surface area contributed by atoms with Gasteiger partial charge in [-0.2, -0.15) is 4.98 Å². The summed E-state index contributed by atoms with van der Waals surface area (Å²) < 4.78 is 15.1. The second-order valence-corrected chi connectivity index (χ2v) is 11.4. The van der Waals surface area contributed by atoms with Gasteiger partial charge in [-0.25, -0.2) is 14.2 Å². The van der Waals surface area contributed by atoms with E-state index >= 15 is 4.39 Å². The Morgan fingerprint density at radius 2 is 1.92 bits per heavy atom. The fourth-order valence-electron chi connectivity index (χ4n) is 6.28. The molecule has 0 aliphatic carbocycles. The Balaban J connectivity index is 1.56. The van der Waals surface area contributed by atoms with Crippen LogP contribution in [0.2, 0.25) is 0 Å². The van der Waals surface area contributed by atoms with Gasteiger partial charge in [0.25, 0.3) is 0 Å². The lowest BCUT2D eigenvalue weighted by atomic mass is 9.79. The second-order valence-electron chi connectivity index (χ2n) is 11.4. The SMILES string of the molecule is CNC(=O)CC(CC(C)C)N1CCCc2c(-c3ccccc3F)nc(N3CCC4(CN(C(=O)O)C4)C3)nc21. The number of hydrogen-bond donors (Lipinski definition) is 2. The van der Waals surface area contributed by atoms with Crippen LogP contribution >= 0.6 is 0 Å². The summed E-state index contributed by atoms with van der Waals surface area (Å²) in [5.41, 5.74) is 1.90. The van der Waals surface area contributed by atoms with Crippen molar-refractivity contribution in [2.75, 3.05) is 49.6 Å². The number of anilines is 2. The molecule has 1 aromatic heterocycles. The third kappa shape index (κ3) is 5.00. The summed E-state index contributed by atoms with van der Waals surface area (Å²) in [7, 11) is 1.66. The highest BCUT2D eigenvalue weighted by Gasteiger charge is 2.50. The van der Waals surface area contributed by atoms with E-state index in [1.165, 1.54) is 11.0 Å². The highest BCUT2D eigenvalue weighted by molar-refractivity contribution is 5.78. The molecule has 10 heteroatoms. The molecule has 5 rings (SSSR count). The zero-order valence-corrected chi connectivity index (χ0v) is 22.4.